The van der Waals surface area contributed by atoms with Crippen LogP contribution in [-0.4, -0.2) is 71.9 Å². The number of hydrogen-bond acceptors (Lipinski definition) is 6. The van der Waals surface area contributed by atoms with E-state index in [1.54, 1.807) is 12.1 Å². The van der Waals surface area contributed by atoms with Gasteiger partial charge in [-0.15, -0.1) is 0 Å². The number of unbranched alkanes of at least 4 members (excludes halogenated alkanes) is 3. The molecule has 8 nitrogen and oxygen atoms in total. The zero-order chi connectivity index (χ0) is 24.8. The molecule has 35 heavy (non-hydrogen) atoms. The van der Waals surface area contributed by atoms with Crippen LogP contribution in [0.15, 0.2) is 24.3 Å². The van der Waals surface area contributed by atoms with Gasteiger partial charge >= 0.3 is 0 Å². The molecule has 3 amide bonds. The number of likely N-dealkylation sites (tertiary alicyclic amines) is 2. The topological polar surface area (TPSA) is 96.2 Å². The summed E-state index contributed by atoms with van der Waals surface area (Å²) in [5.74, 6) is 0.114. The maximum absolute atomic E-state index is 13.3. The molecule has 0 unspecified atom stereocenters. The number of rotatable bonds is 10. The number of ether oxygens (including phenoxy) is 1. The van der Waals surface area contributed by atoms with Crippen LogP contribution in [0.2, 0.25) is 0 Å². The third-order valence-electron chi connectivity index (χ3n) is 7.97. The summed E-state index contributed by atoms with van der Waals surface area (Å²) in [5, 5.41) is 0. The summed E-state index contributed by atoms with van der Waals surface area (Å²) in [6.45, 7) is 5.82. The van der Waals surface area contributed by atoms with Gasteiger partial charge in [-0.3, -0.25) is 24.2 Å². The monoisotopic (exact) mass is 484 g/mol. The Morgan fingerprint density at radius 2 is 1.69 bits per heavy atom. The van der Waals surface area contributed by atoms with Crippen LogP contribution in [0.1, 0.15) is 71.1 Å². The number of primary amides is 1. The van der Waals surface area contributed by atoms with Crippen LogP contribution in [0.3, 0.4) is 0 Å². The van der Waals surface area contributed by atoms with Gasteiger partial charge < -0.3 is 10.5 Å². The lowest BCUT2D eigenvalue weighted by atomic mass is 9.83. The Morgan fingerprint density at radius 1 is 1.00 bits per heavy atom. The number of benzene rings is 1. The number of amides is 3. The molecule has 0 aliphatic carbocycles. The summed E-state index contributed by atoms with van der Waals surface area (Å²) in [6.07, 6.45) is 9.32. The molecule has 0 spiro atoms. The first-order valence-electron chi connectivity index (χ1n) is 13.3. The Kier molecular flexibility index (Phi) is 8.44. The first-order valence-corrected chi connectivity index (χ1v) is 13.3. The van der Waals surface area contributed by atoms with E-state index in [9.17, 15) is 14.4 Å². The minimum Gasteiger partial charge on any atom is -0.494 e. The smallest absolute Gasteiger partial charge is 0.251 e. The van der Waals surface area contributed by atoms with E-state index in [2.05, 4.69) is 16.7 Å². The average Bonchev–Trinajstić information content (AvgIpc) is 3.18. The van der Waals surface area contributed by atoms with Crippen molar-refractivity contribution >= 4 is 23.4 Å². The molecule has 1 aromatic rings. The molecule has 2 N–H and O–H groups in total. The van der Waals surface area contributed by atoms with Crippen LogP contribution < -0.4 is 15.4 Å². The van der Waals surface area contributed by atoms with E-state index >= 15 is 0 Å². The Balaban J connectivity index is 1.35. The largest absolute Gasteiger partial charge is 0.494 e. The number of anilines is 1. The van der Waals surface area contributed by atoms with Crippen LogP contribution in [0.25, 0.3) is 0 Å². The summed E-state index contributed by atoms with van der Waals surface area (Å²) in [5.41, 5.74) is 5.86. The third-order valence-corrected chi connectivity index (χ3v) is 7.97. The van der Waals surface area contributed by atoms with Gasteiger partial charge in [0.25, 0.3) is 5.91 Å². The molecular formula is C27H40N4O4. The average molecular weight is 485 g/mol. The highest BCUT2D eigenvalue weighted by Crippen LogP contribution is 2.35. The minimum atomic E-state index is -0.630. The number of nitrogens with two attached hydrogens (primary N) is 1. The lowest BCUT2D eigenvalue weighted by molar-refractivity contribution is -0.136. The Hall–Kier alpha value is -2.45. The van der Waals surface area contributed by atoms with Gasteiger partial charge in [0.2, 0.25) is 11.8 Å². The molecule has 0 radical (unpaired) electrons. The Bertz CT molecular complexity index is 889. The summed E-state index contributed by atoms with van der Waals surface area (Å²) < 4.78 is 5.79. The third kappa shape index (κ3) is 5.54. The highest BCUT2D eigenvalue weighted by molar-refractivity contribution is 6.22. The van der Waals surface area contributed by atoms with Gasteiger partial charge in [-0.1, -0.05) is 32.6 Å². The molecule has 1 aromatic carbocycles. The van der Waals surface area contributed by atoms with Gasteiger partial charge in [-0.25, -0.2) is 4.90 Å². The van der Waals surface area contributed by atoms with E-state index in [0.29, 0.717) is 38.2 Å². The Labute approximate surface area is 208 Å². The summed E-state index contributed by atoms with van der Waals surface area (Å²) in [4.78, 5) is 44.3. The number of piperidine rings is 2. The fraction of sp³-hybridized carbons (Fsp3) is 0.667. The SMILES string of the molecule is CCCCCCOc1ccc(N2C(=O)C[C@H](N3CCC(C(N)=O)(N4CCCCC4)CC3)C2=O)cc1. The lowest BCUT2D eigenvalue weighted by Gasteiger charge is -2.48. The molecule has 3 saturated heterocycles. The van der Waals surface area contributed by atoms with E-state index in [0.717, 1.165) is 44.5 Å². The van der Waals surface area contributed by atoms with E-state index in [4.69, 9.17) is 10.5 Å². The Morgan fingerprint density at radius 3 is 2.31 bits per heavy atom. The molecular weight excluding hydrogens is 444 g/mol. The van der Waals surface area contributed by atoms with Gasteiger partial charge in [-0.05, 0) is 69.5 Å². The second-order valence-electron chi connectivity index (χ2n) is 10.2. The maximum Gasteiger partial charge on any atom is 0.251 e. The van der Waals surface area contributed by atoms with Crippen LogP contribution in [0, 0.1) is 0 Å². The predicted molar refractivity (Wildman–Crippen MR) is 135 cm³/mol. The van der Waals surface area contributed by atoms with Crippen molar-refractivity contribution in [2.45, 2.75) is 82.7 Å². The maximum atomic E-state index is 13.3. The molecule has 4 rings (SSSR count). The van der Waals surface area contributed by atoms with Gasteiger partial charge in [0.15, 0.2) is 0 Å². The van der Waals surface area contributed by atoms with Crippen molar-refractivity contribution in [3.8, 4) is 5.75 Å². The van der Waals surface area contributed by atoms with Crippen LogP contribution >= 0.6 is 0 Å². The van der Waals surface area contributed by atoms with Crippen molar-refractivity contribution in [3.63, 3.8) is 0 Å². The first-order chi connectivity index (χ1) is 17.0. The van der Waals surface area contributed by atoms with Gasteiger partial charge in [0.05, 0.1) is 24.8 Å². The predicted octanol–water partition coefficient (Wildman–Crippen LogP) is 3.08. The van der Waals surface area contributed by atoms with E-state index < -0.39 is 11.6 Å². The molecule has 0 aromatic heterocycles. The second-order valence-corrected chi connectivity index (χ2v) is 10.2. The van der Waals surface area contributed by atoms with Crippen molar-refractivity contribution in [1.82, 2.24) is 9.80 Å². The van der Waals surface area contributed by atoms with Crippen molar-refractivity contribution in [2.75, 3.05) is 37.7 Å². The van der Waals surface area contributed by atoms with Crippen molar-refractivity contribution < 1.29 is 19.1 Å². The highest BCUT2D eigenvalue weighted by atomic mass is 16.5. The number of carbonyl (C=O) groups excluding carboxylic acids is 3. The summed E-state index contributed by atoms with van der Waals surface area (Å²) in [6, 6.07) is 6.73. The number of hydrogen-bond donors (Lipinski definition) is 1. The number of carbonyl (C=O) groups is 3. The number of nitrogens with zero attached hydrogens (tertiary/aromatic N) is 3. The molecule has 192 valence electrons. The van der Waals surface area contributed by atoms with Crippen molar-refractivity contribution in [1.29, 1.82) is 0 Å². The fourth-order valence-electron chi connectivity index (χ4n) is 5.83. The molecule has 3 aliphatic rings. The quantitative estimate of drug-likeness (QED) is 0.405. The van der Waals surface area contributed by atoms with Crippen molar-refractivity contribution in [3.05, 3.63) is 24.3 Å². The minimum absolute atomic E-state index is 0.168. The standard InChI is InChI=1S/C27H40N4O4/c1-2-3-4-8-19-35-22-11-9-21(10-12-22)31-24(32)20-23(25(31)33)29-17-13-27(14-18-29,26(28)34)30-15-6-5-7-16-30/h9-12,23H,2-8,13-20H2,1H3,(H2,28,34)/t23-/m0/s1. The molecule has 3 fully saturated rings. The molecule has 8 heteroatoms. The zero-order valence-electron chi connectivity index (χ0n) is 21.0. The highest BCUT2D eigenvalue weighted by Gasteiger charge is 2.49. The lowest BCUT2D eigenvalue weighted by Crippen LogP contribution is -2.64. The summed E-state index contributed by atoms with van der Waals surface area (Å²) in [7, 11) is 0. The van der Waals surface area contributed by atoms with Crippen LogP contribution in [0.4, 0.5) is 5.69 Å². The number of imide groups is 1. The van der Waals surface area contributed by atoms with Gasteiger partial charge in [0, 0.05) is 13.1 Å². The molecule has 1 atom stereocenters. The molecule has 0 saturated carbocycles. The van der Waals surface area contributed by atoms with Gasteiger partial charge in [0.1, 0.15) is 11.3 Å². The molecule has 0 bridgehead atoms. The summed E-state index contributed by atoms with van der Waals surface area (Å²) >= 11 is 0. The van der Waals surface area contributed by atoms with Gasteiger partial charge in [-0.2, -0.15) is 0 Å². The molecule has 3 heterocycles. The second kappa shape index (κ2) is 11.5. The van der Waals surface area contributed by atoms with Crippen LogP contribution in [-0.2, 0) is 14.4 Å². The first kappa shape index (κ1) is 25.6. The van der Waals surface area contributed by atoms with Crippen LogP contribution in [0.5, 0.6) is 5.75 Å². The van der Waals surface area contributed by atoms with E-state index in [1.807, 2.05) is 12.1 Å². The van der Waals surface area contributed by atoms with E-state index in [1.165, 1.54) is 24.2 Å². The van der Waals surface area contributed by atoms with Crippen molar-refractivity contribution in [2.24, 2.45) is 5.73 Å². The molecule has 3 aliphatic heterocycles. The normalized spacial score (nSPS) is 23.6. The van der Waals surface area contributed by atoms with E-state index in [-0.39, 0.29) is 24.1 Å². The zero-order valence-corrected chi connectivity index (χ0v) is 21.0. The fourth-order valence-corrected chi connectivity index (χ4v) is 5.83.